The SMILES string of the molecule is COc1ccc(NC(=O)CCC(C)C)c(OC)c1. The molecule has 1 amide bonds. The van der Waals surface area contributed by atoms with Crippen LogP contribution in [0.5, 0.6) is 11.5 Å². The zero-order chi connectivity index (χ0) is 13.5. The first kappa shape index (κ1) is 14.4. The number of rotatable bonds is 6. The van der Waals surface area contributed by atoms with Crippen LogP contribution in [0, 0.1) is 5.92 Å². The van der Waals surface area contributed by atoms with Crippen molar-refractivity contribution in [1.82, 2.24) is 0 Å². The molecule has 18 heavy (non-hydrogen) atoms. The topological polar surface area (TPSA) is 47.6 Å². The molecule has 0 aliphatic heterocycles. The van der Waals surface area contributed by atoms with Crippen LogP contribution in [-0.4, -0.2) is 20.1 Å². The number of methoxy groups -OCH3 is 2. The Balaban J connectivity index is 2.68. The molecular formula is C14H21NO3. The molecule has 0 atom stereocenters. The Morgan fingerprint density at radius 1 is 1.28 bits per heavy atom. The van der Waals surface area contributed by atoms with Crippen LogP contribution >= 0.6 is 0 Å². The lowest BCUT2D eigenvalue weighted by Gasteiger charge is -2.12. The summed E-state index contributed by atoms with van der Waals surface area (Å²) in [6.07, 6.45) is 1.40. The molecule has 0 aliphatic carbocycles. The van der Waals surface area contributed by atoms with Crippen molar-refractivity contribution >= 4 is 11.6 Å². The Morgan fingerprint density at radius 2 is 2.00 bits per heavy atom. The molecule has 0 aliphatic rings. The fraction of sp³-hybridized carbons (Fsp3) is 0.500. The molecule has 4 nitrogen and oxygen atoms in total. The van der Waals surface area contributed by atoms with Gasteiger partial charge in [0.25, 0.3) is 0 Å². The third-order valence-electron chi connectivity index (χ3n) is 2.63. The smallest absolute Gasteiger partial charge is 0.224 e. The molecule has 0 aromatic heterocycles. The Kier molecular flexibility index (Phi) is 5.49. The number of amides is 1. The minimum absolute atomic E-state index is 0.00664. The van der Waals surface area contributed by atoms with E-state index < -0.39 is 0 Å². The molecule has 0 unspecified atom stereocenters. The van der Waals surface area contributed by atoms with Crippen LogP contribution in [0.15, 0.2) is 18.2 Å². The van der Waals surface area contributed by atoms with Gasteiger partial charge in [-0.3, -0.25) is 4.79 Å². The first-order valence-electron chi connectivity index (χ1n) is 6.08. The predicted molar refractivity (Wildman–Crippen MR) is 72.2 cm³/mol. The van der Waals surface area contributed by atoms with Crippen LogP contribution in [0.3, 0.4) is 0 Å². The Labute approximate surface area is 108 Å². The summed E-state index contributed by atoms with van der Waals surface area (Å²) in [5.41, 5.74) is 0.673. The minimum Gasteiger partial charge on any atom is -0.497 e. The van der Waals surface area contributed by atoms with Crippen LogP contribution in [0.1, 0.15) is 26.7 Å². The monoisotopic (exact) mass is 251 g/mol. The second-order valence-corrected chi connectivity index (χ2v) is 4.55. The molecule has 1 N–H and O–H groups in total. The van der Waals surface area contributed by atoms with E-state index in [9.17, 15) is 4.79 Å². The van der Waals surface area contributed by atoms with Gasteiger partial charge >= 0.3 is 0 Å². The Morgan fingerprint density at radius 3 is 2.56 bits per heavy atom. The van der Waals surface area contributed by atoms with Crippen molar-refractivity contribution in [3.8, 4) is 11.5 Å². The highest BCUT2D eigenvalue weighted by atomic mass is 16.5. The van der Waals surface area contributed by atoms with Gasteiger partial charge in [-0.1, -0.05) is 13.8 Å². The number of benzene rings is 1. The molecule has 100 valence electrons. The van der Waals surface area contributed by atoms with Gasteiger partial charge in [-0.05, 0) is 24.5 Å². The Hall–Kier alpha value is -1.71. The lowest BCUT2D eigenvalue weighted by Crippen LogP contribution is -2.12. The van der Waals surface area contributed by atoms with Crippen LogP contribution in [0.2, 0.25) is 0 Å². The van der Waals surface area contributed by atoms with Crippen molar-refractivity contribution < 1.29 is 14.3 Å². The zero-order valence-corrected chi connectivity index (χ0v) is 11.4. The van der Waals surface area contributed by atoms with Crippen molar-refractivity contribution in [1.29, 1.82) is 0 Å². The van der Waals surface area contributed by atoms with Crippen molar-refractivity contribution in [3.63, 3.8) is 0 Å². The summed E-state index contributed by atoms with van der Waals surface area (Å²) in [6.45, 7) is 4.20. The van der Waals surface area contributed by atoms with Gasteiger partial charge in [0.2, 0.25) is 5.91 Å². The maximum absolute atomic E-state index is 11.7. The lowest BCUT2D eigenvalue weighted by atomic mass is 10.1. The second-order valence-electron chi connectivity index (χ2n) is 4.55. The molecule has 4 heteroatoms. The summed E-state index contributed by atoms with van der Waals surface area (Å²) < 4.78 is 10.3. The molecule has 0 fully saturated rings. The highest BCUT2D eigenvalue weighted by molar-refractivity contribution is 5.92. The number of anilines is 1. The average Bonchev–Trinajstić information content (AvgIpc) is 2.36. The van der Waals surface area contributed by atoms with Gasteiger partial charge in [-0.25, -0.2) is 0 Å². The fourth-order valence-corrected chi connectivity index (χ4v) is 1.53. The van der Waals surface area contributed by atoms with Gasteiger partial charge in [-0.15, -0.1) is 0 Å². The van der Waals surface area contributed by atoms with E-state index in [4.69, 9.17) is 9.47 Å². The summed E-state index contributed by atoms with van der Waals surface area (Å²) in [5, 5.41) is 2.85. The van der Waals surface area contributed by atoms with E-state index in [1.807, 2.05) is 0 Å². The van der Waals surface area contributed by atoms with E-state index in [2.05, 4.69) is 19.2 Å². The Bertz CT molecular complexity index is 402. The summed E-state index contributed by atoms with van der Waals surface area (Å²) in [7, 11) is 3.16. The number of ether oxygens (including phenoxy) is 2. The van der Waals surface area contributed by atoms with Crippen LogP contribution in [0.25, 0.3) is 0 Å². The van der Waals surface area contributed by atoms with Crippen LogP contribution < -0.4 is 14.8 Å². The molecule has 0 bridgehead atoms. The molecule has 0 saturated carbocycles. The highest BCUT2D eigenvalue weighted by Gasteiger charge is 2.09. The van der Waals surface area contributed by atoms with Gasteiger partial charge < -0.3 is 14.8 Å². The van der Waals surface area contributed by atoms with E-state index in [1.165, 1.54) is 0 Å². The number of nitrogens with one attached hydrogen (secondary N) is 1. The van der Waals surface area contributed by atoms with E-state index >= 15 is 0 Å². The largest absolute Gasteiger partial charge is 0.497 e. The summed E-state index contributed by atoms with van der Waals surface area (Å²) in [6, 6.07) is 5.32. The van der Waals surface area contributed by atoms with E-state index in [1.54, 1.807) is 32.4 Å². The standard InChI is InChI=1S/C14H21NO3/c1-10(2)5-8-14(16)15-12-7-6-11(17-3)9-13(12)18-4/h6-7,9-10H,5,8H2,1-4H3,(H,15,16). The predicted octanol–water partition coefficient (Wildman–Crippen LogP) is 3.08. The maximum atomic E-state index is 11.7. The lowest BCUT2D eigenvalue weighted by molar-refractivity contribution is -0.116. The van der Waals surface area contributed by atoms with Gasteiger partial charge in [0, 0.05) is 12.5 Å². The molecule has 0 heterocycles. The normalized spacial score (nSPS) is 10.3. The minimum atomic E-state index is 0.00664. The van der Waals surface area contributed by atoms with Gasteiger partial charge in [0.05, 0.1) is 19.9 Å². The summed E-state index contributed by atoms with van der Waals surface area (Å²) in [4.78, 5) is 11.7. The molecule has 0 saturated heterocycles. The third kappa shape index (κ3) is 4.28. The zero-order valence-electron chi connectivity index (χ0n) is 11.4. The first-order chi connectivity index (χ1) is 8.56. The summed E-state index contributed by atoms with van der Waals surface area (Å²) in [5.74, 6) is 1.83. The molecule has 0 spiro atoms. The summed E-state index contributed by atoms with van der Waals surface area (Å²) >= 11 is 0. The number of hydrogen-bond acceptors (Lipinski definition) is 3. The molecule has 1 aromatic rings. The molecular weight excluding hydrogens is 230 g/mol. The van der Waals surface area contributed by atoms with Crippen molar-refractivity contribution in [3.05, 3.63) is 18.2 Å². The van der Waals surface area contributed by atoms with Crippen LogP contribution in [-0.2, 0) is 4.79 Å². The van der Waals surface area contributed by atoms with Gasteiger partial charge in [0.1, 0.15) is 11.5 Å². The van der Waals surface area contributed by atoms with Gasteiger partial charge in [-0.2, -0.15) is 0 Å². The molecule has 1 aromatic carbocycles. The van der Waals surface area contributed by atoms with E-state index in [0.717, 1.165) is 6.42 Å². The number of hydrogen-bond donors (Lipinski definition) is 1. The van der Waals surface area contributed by atoms with Crippen LogP contribution in [0.4, 0.5) is 5.69 Å². The van der Waals surface area contributed by atoms with Crippen molar-refractivity contribution in [2.75, 3.05) is 19.5 Å². The number of carbonyl (C=O) groups is 1. The maximum Gasteiger partial charge on any atom is 0.224 e. The van der Waals surface area contributed by atoms with Crippen molar-refractivity contribution in [2.24, 2.45) is 5.92 Å². The molecule has 0 radical (unpaired) electrons. The quantitative estimate of drug-likeness (QED) is 0.845. The first-order valence-corrected chi connectivity index (χ1v) is 6.08. The van der Waals surface area contributed by atoms with E-state index in [0.29, 0.717) is 29.5 Å². The average molecular weight is 251 g/mol. The van der Waals surface area contributed by atoms with Gasteiger partial charge in [0.15, 0.2) is 0 Å². The van der Waals surface area contributed by atoms with E-state index in [-0.39, 0.29) is 5.91 Å². The third-order valence-corrected chi connectivity index (χ3v) is 2.63. The molecule has 1 rings (SSSR count). The number of carbonyl (C=O) groups excluding carboxylic acids is 1. The second kappa shape index (κ2) is 6.89. The highest BCUT2D eigenvalue weighted by Crippen LogP contribution is 2.29. The van der Waals surface area contributed by atoms with Crippen molar-refractivity contribution in [2.45, 2.75) is 26.7 Å². The fourth-order valence-electron chi connectivity index (χ4n) is 1.53.